The first-order valence-electron chi connectivity index (χ1n) is 6.30. The van der Waals surface area contributed by atoms with E-state index in [4.69, 9.17) is 5.73 Å². The van der Waals surface area contributed by atoms with Gasteiger partial charge in [0.25, 0.3) is 0 Å². The SMILES string of the molecule is C[C@@H](N)c1ccc(N2CCCC[C@@H]2C)cc1. The van der Waals surface area contributed by atoms with Gasteiger partial charge in [0, 0.05) is 24.3 Å². The van der Waals surface area contributed by atoms with E-state index in [1.54, 1.807) is 0 Å². The first kappa shape index (κ1) is 11.5. The molecule has 1 saturated heterocycles. The molecule has 2 heteroatoms. The fourth-order valence-electron chi connectivity index (χ4n) is 2.45. The Bertz CT molecular complexity index is 329. The van der Waals surface area contributed by atoms with Crippen LogP contribution in [-0.2, 0) is 0 Å². The number of anilines is 1. The van der Waals surface area contributed by atoms with Crippen LogP contribution in [0.3, 0.4) is 0 Å². The Morgan fingerprint density at radius 2 is 1.94 bits per heavy atom. The number of nitrogens with two attached hydrogens (primary N) is 1. The summed E-state index contributed by atoms with van der Waals surface area (Å²) < 4.78 is 0. The van der Waals surface area contributed by atoms with Crippen LogP contribution in [0.25, 0.3) is 0 Å². The van der Waals surface area contributed by atoms with Crippen molar-refractivity contribution in [3.63, 3.8) is 0 Å². The van der Waals surface area contributed by atoms with Gasteiger partial charge >= 0.3 is 0 Å². The molecule has 2 nitrogen and oxygen atoms in total. The molecule has 0 unspecified atom stereocenters. The van der Waals surface area contributed by atoms with Crippen LogP contribution in [0.4, 0.5) is 5.69 Å². The number of hydrogen-bond donors (Lipinski definition) is 1. The van der Waals surface area contributed by atoms with Crippen LogP contribution in [-0.4, -0.2) is 12.6 Å². The molecule has 2 rings (SSSR count). The van der Waals surface area contributed by atoms with Crippen molar-refractivity contribution in [3.8, 4) is 0 Å². The largest absolute Gasteiger partial charge is 0.369 e. The second-order valence-corrected chi connectivity index (χ2v) is 4.92. The number of hydrogen-bond acceptors (Lipinski definition) is 2. The number of piperidine rings is 1. The highest BCUT2D eigenvalue weighted by molar-refractivity contribution is 5.49. The molecule has 0 amide bonds. The molecular formula is C14H22N2. The summed E-state index contributed by atoms with van der Waals surface area (Å²) in [5.74, 6) is 0. The van der Waals surface area contributed by atoms with Crippen molar-refractivity contribution >= 4 is 5.69 Å². The molecular weight excluding hydrogens is 196 g/mol. The fraction of sp³-hybridized carbons (Fsp3) is 0.571. The summed E-state index contributed by atoms with van der Waals surface area (Å²) >= 11 is 0. The molecule has 1 aliphatic rings. The van der Waals surface area contributed by atoms with Crippen LogP contribution in [0.2, 0.25) is 0 Å². The van der Waals surface area contributed by atoms with Crippen molar-refractivity contribution in [1.29, 1.82) is 0 Å². The minimum Gasteiger partial charge on any atom is -0.369 e. The molecule has 1 fully saturated rings. The number of benzene rings is 1. The van der Waals surface area contributed by atoms with E-state index in [1.807, 2.05) is 6.92 Å². The molecule has 2 atom stereocenters. The molecule has 1 aromatic carbocycles. The maximum atomic E-state index is 5.86. The van der Waals surface area contributed by atoms with Gasteiger partial charge in [-0.3, -0.25) is 0 Å². The predicted molar refractivity (Wildman–Crippen MR) is 69.7 cm³/mol. The third-order valence-electron chi connectivity index (χ3n) is 3.55. The average Bonchev–Trinajstić information content (AvgIpc) is 2.30. The van der Waals surface area contributed by atoms with Crippen molar-refractivity contribution in [2.45, 2.75) is 45.2 Å². The lowest BCUT2D eigenvalue weighted by Gasteiger charge is -2.35. The van der Waals surface area contributed by atoms with E-state index >= 15 is 0 Å². The average molecular weight is 218 g/mol. The zero-order valence-electron chi connectivity index (χ0n) is 10.3. The van der Waals surface area contributed by atoms with E-state index in [1.165, 1.54) is 37.1 Å². The molecule has 0 aromatic heterocycles. The minimum absolute atomic E-state index is 0.132. The van der Waals surface area contributed by atoms with Crippen molar-refractivity contribution in [2.75, 3.05) is 11.4 Å². The van der Waals surface area contributed by atoms with Crippen LogP contribution < -0.4 is 10.6 Å². The third-order valence-corrected chi connectivity index (χ3v) is 3.55. The summed E-state index contributed by atoms with van der Waals surface area (Å²) in [6.07, 6.45) is 4.00. The van der Waals surface area contributed by atoms with Gasteiger partial charge in [-0.25, -0.2) is 0 Å². The van der Waals surface area contributed by atoms with E-state index in [2.05, 4.69) is 36.1 Å². The normalized spacial score (nSPS) is 23.2. The Hall–Kier alpha value is -1.02. The number of rotatable bonds is 2. The van der Waals surface area contributed by atoms with Crippen LogP contribution in [0.5, 0.6) is 0 Å². The molecule has 0 bridgehead atoms. The Kier molecular flexibility index (Phi) is 3.49. The molecule has 1 aromatic rings. The van der Waals surface area contributed by atoms with Crippen LogP contribution >= 0.6 is 0 Å². The maximum Gasteiger partial charge on any atom is 0.0368 e. The Balaban J connectivity index is 2.14. The summed E-state index contributed by atoms with van der Waals surface area (Å²) in [5.41, 5.74) is 8.42. The second kappa shape index (κ2) is 4.88. The summed E-state index contributed by atoms with van der Waals surface area (Å²) in [7, 11) is 0. The van der Waals surface area contributed by atoms with Crippen LogP contribution in [0.15, 0.2) is 24.3 Å². The zero-order chi connectivity index (χ0) is 11.5. The van der Waals surface area contributed by atoms with Crippen molar-refractivity contribution in [1.82, 2.24) is 0 Å². The highest BCUT2D eigenvalue weighted by Gasteiger charge is 2.18. The van der Waals surface area contributed by atoms with Crippen LogP contribution in [0.1, 0.15) is 44.7 Å². The summed E-state index contributed by atoms with van der Waals surface area (Å²) in [5, 5.41) is 0. The van der Waals surface area contributed by atoms with Crippen molar-refractivity contribution in [3.05, 3.63) is 29.8 Å². The third kappa shape index (κ3) is 2.38. The molecule has 88 valence electrons. The lowest BCUT2D eigenvalue weighted by molar-refractivity contribution is 0.485. The van der Waals surface area contributed by atoms with Gasteiger partial charge in [-0.05, 0) is 50.8 Å². The van der Waals surface area contributed by atoms with E-state index in [-0.39, 0.29) is 6.04 Å². The van der Waals surface area contributed by atoms with E-state index in [9.17, 15) is 0 Å². The molecule has 1 aliphatic heterocycles. The number of nitrogens with zero attached hydrogens (tertiary/aromatic N) is 1. The van der Waals surface area contributed by atoms with E-state index < -0.39 is 0 Å². The van der Waals surface area contributed by atoms with Gasteiger partial charge in [-0.1, -0.05) is 12.1 Å². The van der Waals surface area contributed by atoms with Gasteiger partial charge in [-0.2, -0.15) is 0 Å². The quantitative estimate of drug-likeness (QED) is 0.826. The zero-order valence-corrected chi connectivity index (χ0v) is 10.3. The maximum absolute atomic E-state index is 5.86. The molecule has 0 spiro atoms. The Labute approximate surface area is 98.4 Å². The summed E-state index contributed by atoms with van der Waals surface area (Å²) in [6.45, 7) is 5.54. The van der Waals surface area contributed by atoms with Gasteiger partial charge < -0.3 is 10.6 Å². The molecule has 0 aliphatic carbocycles. The monoisotopic (exact) mass is 218 g/mol. The van der Waals surface area contributed by atoms with E-state index in [0.29, 0.717) is 6.04 Å². The molecule has 2 N–H and O–H groups in total. The lowest BCUT2D eigenvalue weighted by atomic mass is 10.0. The first-order chi connectivity index (χ1) is 7.68. The van der Waals surface area contributed by atoms with Gasteiger partial charge in [0.05, 0.1) is 0 Å². The predicted octanol–water partition coefficient (Wildman–Crippen LogP) is 3.09. The van der Waals surface area contributed by atoms with Gasteiger partial charge in [0.15, 0.2) is 0 Å². The fourth-order valence-corrected chi connectivity index (χ4v) is 2.45. The molecule has 16 heavy (non-hydrogen) atoms. The highest BCUT2D eigenvalue weighted by Crippen LogP contribution is 2.25. The van der Waals surface area contributed by atoms with Gasteiger partial charge in [0.2, 0.25) is 0 Å². The van der Waals surface area contributed by atoms with Crippen molar-refractivity contribution in [2.24, 2.45) is 5.73 Å². The lowest BCUT2D eigenvalue weighted by Crippen LogP contribution is -2.37. The van der Waals surface area contributed by atoms with E-state index in [0.717, 1.165) is 0 Å². The standard InChI is InChI=1S/C14H22N2/c1-11-5-3-4-10-16(11)14-8-6-13(7-9-14)12(2)15/h6-9,11-12H,3-5,10,15H2,1-2H3/t11-,12+/m0/s1. The van der Waals surface area contributed by atoms with Crippen molar-refractivity contribution < 1.29 is 0 Å². The highest BCUT2D eigenvalue weighted by atomic mass is 15.2. The van der Waals surface area contributed by atoms with Gasteiger partial charge in [0.1, 0.15) is 0 Å². The molecule has 0 radical (unpaired) electrons. The molecule has 1 heterocycles. The second-order valence-electron chi connectivity index (χ2n) is 4.92. The minimum atomic E-state index is 0.132. The summed E-state index contributed by atoms with van der Waals surface area (Å²) in [4.78, 5) is 2.51. The Morgan fingerprint density at radius 3 is 2.50 bits per heavy atom. The summed E-state index contributed by atoms with van der Waals surface area (Å²) in [6, 6.07) is 9.53. The topological polar surface area (TPSA) is 29.3 Å². The smallest absolute Gasteiger partial charge is 0.0368 e. The van der Waals surface area contributed by atoms with Crippen LogP contribution in [0, 0.1) is 0 Å². The van der Waals surface area contributed by atoms with Gasteiger partial charge in [-0.15, -0.1) is 0 Å². The Morgan fingerprint density at radius 1 is 1.25 bits per heavy atom. The first-order valence-corrected chi connectivity index (χ1v) is 6.30. The molecule has 0 saturated carbocycles.